The quantitative estimate of drug-likeness (QED) is 0.798. The molecule has 3 nitrogen and oxygen atoms in total. The molecule has 0 saturated carbocycles. The maximum atomic E-state index is 6.15. The average molecular weight is 241 g/mol. The van der Waals surface area contributed by atoms with Gasteiger partial charge in [-0.15, -0.1) is 0 Å². The molecule has 1 heterocycles. The molecule has 0 aliphatic rings. The minimum Gasteiger partial charge on any atom is -0.384 e. The highest BCUT2D eigenvalue weighted by Crippen LogP contribution is 2.18. The van der Waals surface area contributed by atoms with Crippen molar-refractivity contribution >= 4 is 17.6 Å². The van der Waals surface area contributed by atoms with Crippen LogP contribution in [0.1, 0.15) is 38.2 Å². The number of unbranched alkanes of at least 4 members (excludes halogenated alkanes) is 1. The fourth-order valence-corrected chi connectivity index (χ4v) is 2.18. The molecule has 0 aromatic carbocycles. The van der Waals surface area contributed by atoms with Gasteiger partial charge in [-0.25, -0.2) is 4.98 Å². The second kappa shape index (κ2) is 6.84. The molecule has 1 aromatic heterocycles. The number of imidazole rings is 1. The van der Waals surface area contributed by atoms with Crippen molar-refractivity contribution in [1.29, 1.82) is 0 Å². The van der Waals surface area contributed by atoms with Gasteiger partial charge in [0.15, 0.2) is 0 Å². The van der Waals surface area contributed by atoms with Crippen LogP contribution < -0.4 is 5.73 Å². The molecule has 92 valence electrons. The van der Waals surface area contributed by atoms with Gasteiger partial charge in [0.1, 0.15) is 11.6 Å². The van der Waals surface area contributed by atoms with Crippen LogP contribution in [0.15, 0.2) is 0 Å². The Bertz CT molecular complexity index is 320. The Morgan fingerprint density at radius 3 is 2.69 bits per heavy atom. The van der Waals surface area contributed by atoms with E-state index in [9.17, 15) is 0 Å². The summed E-state index contributed by atoms with van der Waals surface area (Å²) in [5.41, 5.74) is 7.24. The number of nitrogen functional groups attached to an aromatic ring is 1. The largest absolute Gasteiger partial charge is 0.384 e. The maximum absolute atomic E-state index is 6.15. The lowest BCUT2D eigenvalue weighted by Crippen LogP contribution is -2.07. The van der Waals surface area contributed by atoms with E-state index in [0.717, 1.165) is 42.5 Å². The van der Waals surface area contributed by atoms with Crippen molar-refractivity contribution in [3.8, 4) is 0 Å². The molecule has 0 atom stereocenters. The number of thioether (sulfide) groups is 1. The Kier molecular flexibility index (Phi) is 5.74. The number of anilines is 1. The van der Waals surface area contributed by atoms with Crippen molar-refractivity contribution in [2.45, 2.75) is 46.1 Å². The van der Waals surface area contributed by atoms with Gasteiger partial charge in [-0.3, -0.25) is 0 Å². The lowest BCUT2D eigenvalue weighted by Gasteiger charge is -2.07. The van der Waals surface area contributed by atoms with E-state index in [2.05, 4.69) is 29.7 Å². The summed E-state index contributed by atoms with van der Waals surface area (Å²) in [5, 5.41) is 0. The highest BCUT2D eigenvalue weighted by Gasteiger charge is 2.12. The van der Waals surface area contributed by atoms with Gasteiger partial charge in [-0.1, -0.05) is 20.3 Å². The van der Waals surface area contributed by atoms with E-state index in [1.54, 1.807) is 0 Å². The molecular formula is C12H23N3S. The second-order valence-corrected chi connectivity index (χ2v) is 4.95. The van der Waals surface area contributed by atoms with E-state index in [1.165, 1.54) is 12.8 Å². The summed E-state index contributed by atoms with van der Waals surface area (Å²) in [5.74, 6) is 3.12. The molecule has 1 rings (SSSR count). The molecule has 0 amide bonds. The van der Waals surface area contributed by atoms with Crippen LogP contribution in [0.3, 0.4) is 0 Å². The number of nitrogens with two attached hydrogens (primary N) is 1. The molecule has 0 radical (unpaired) electrons. The molecule has 0 unspecified atom stereocenters. The van der Waals surface area contributed by atoms with E-state index >= 15 is 0 Å². The smallest absolute Gasteiger partial charge is 0.126 e. The molecule has 16 heavy (non-hydrogen) atoms. The van der Waals surface area contributed by atoms with Crippen LogP contribution in [-0.4, -0.2) is 21.6 Å². The predicted octanol–water partition coefficient (Wildman–Crippen LogP) is 2.73. The number of rotatable bonds is 7. The van der Waals surface area contributed by atoms with Crippen molar-refractivity contribution in [3.63, 3.8) is 0 Å². The Morgan fingerprint density at radius 2 is 2.12 bits per heavy atom. The van der Waals surface area contributed by atoms with Gasteiger partial charge in [0.2, 0.25) is 0 Å². The monoisotopic (exact) mass is 241 g/mol. The molecule has 0 saturated heterocycles. The van der Waals surface area contributed by atoms with Crippen molar-refractivity contribution in [1.82, 2.24) is 9.55 Å². The first-order valence-electron chi connectivity index (χ1n) is 6.07. The van der Waals surface area contributed by atoms with Crippen molar-refractivity contribution in [2.75, 3.05) is 17.7 Å². The van der Waals surface area contributed by atoms with E-state index < -0.39 is 0 Å². The van der Waals surface area contributed by atoms with E-state index in [0.29, 0.717) is 0 Å². The third-order valence-electron chi connectivity index (χ3n) is 2.76. The van der Waals surface area contributed by atoms with Crippen LogP contribution >= 0.6 is 11.8 Å². The first-order valence-corrected chi connectivity index (χ1v) is 7.46. The van der Waals surface area contributed by atoms with Crippen molar-refractivity contribution in [2.24, 2.45) is 0 Å². The molecule has 2 N–H and O–H groups in total. The first-order chi connectivity index (χ1) is 7.74. The van der Waals surface area contributed by atoms with Crippen LogP contribution in [0.2, 0.25) is 0 Å². The van der Waals surface area contributed by atoms with Gasteiger partial charge in [0, 0.05) is 19.4 Å². The minimum atomic E-state index is 0.888. The molecule has 0 aliphatic heterocycles. The van der Waals surface area contributed by atoms with Crippen LogP contribution in [-0.2, 0) is 19.4 Å². The molecule has 0 aliphatic carbocycles. The van der Waals surface area contributed by atoms with E-state index in [1.807, 2.05) is 11.8 Å². The molecule has 4 heteroatoms. The Labute approximate surface area is 103 Å². The highest BCUT2D eigenvalue weighted by molar-refractivity contribution is 7.98. The van der Waals surface area contributed by atoms with Gasteiger partial charge in [-0.2, -0.15) is 11.8 Å². The first kappa shape index (κ1) is 13.4. The zero-order chi connectivity index (χ0) is 12.0. The van der Waals surface area contributed by atoms with E-state index in [-0.39, 0.29) is 0 Å². The fraction of sp³-hybridized carbons (Fsp3) is 0.750. The zero-order valence-electron chi connectivity index (χ0n) is 10.6. The summed E-state index contributed by atoms with van der Waals surface area (Å²) < 4.78 is 2.19. The van der Waals surface area contributed by atoms with Gasteiger partial charge in [0.25, 0.3) is 0 Å². The van der Waals surface area contributed by atoms with Gasteiger partial charge >= 0.3 is 0 Å². The summed E-state index contributed by atoms with van der Waals surface area (Å²) in [7, 11) is 0. The van der Waals surface area contributed by atoms with Crippen LogP contribution in [0.5, 0.6) is 0 Å². The molecule has 0 spiro atoms. The summed E-state index contributed by atoms with van der Waals surface area (Å²) in [4.78, 5) is 4.64. The standard InChI is InChI=1S/C12H23N3S/c1-4-6-8-15-11(5-2)14-10(12(15)13)7-9-16-3/h4-9,13H2,1-3H3. The Morgan fingerprint density at radius 1 is 1.38 bits per heavy atom. The summed E-state index contributed by atoms with van der Waals surface area (Å²) in [6.07, 6.45) is 6.44. The lowest BCUT2D eigenvalue weighted by molar-refractivity contribution is 0.612. The number of aromatic nitrogens is 2. The van der Waals surface area contributed by atoms with Crippen molar-refractivity contribution < 1.29 is 0 Å². The lowest BCUT2D eigenvalue weighted by atomic mass is 10.3. The Balaban J connectivity index is 2.82. The van der Waals surface area contributed by atoms with Crippen LogP contribution in [0.25, 0.3) is 0 Å². The normalized spacial score (nSPS) is 10.9. The van der Waals surface area contributed by atoms with Gasteiger partial charge in [-0.05, 0) is 18.4 Å². The summed E-state index contributed by atoms with van der Waals surface area (Å²) in [6.45, 7) is 5.35. The number of nitrogens with zero attached hydrogens (tertiary/aromatic N) is 2. The third kappa shape index (κ3) is 3.17. The average Bonchev–Trinajstić information content (AvgIpc) is 2.60. The van der Waals surface area contributed by atoms with Crippen LogP contribution in [0.4, 0.5) is 5.82 Å². The maximum Gasteiger partial charge on any atom is 0.126 e. The molecular weight excluding hydrogens is 218 g/mol. The topological polar surface area (TPSA) is 43.8 Å². The minimum absolute atomic E-state index is 0.888. The van der Waals surface area contributed by atoms with Crippen LogP contribution in [0, 0.1) is 0 Å². The third-order valence-corrected chi connectivity index (χ3v) is 3.37. The SMILES string of the molecule is CCCCn1c(CC)nc(CCSC)c1N. The Hall–Kier alpha value is -0.640. The molecule has 1 aromatic rings. The number of hydrogen-bond acceptors (Lipinski definition) is 3. The molecule has 0 bridgehead atoms. The van der Waals surface area contributed by atoms with Crippen molar-refractivity contribution in [3.05, 3.63) is 11.5 Å². The van der Waals surface area contributed by atoms with Gasteiger partial charge < -0.3 is 10.3 Å². The van der Waals surface area contributed by atoms with E-state index in [4.69, 9.17) is 5.73 Å². The highest BCUT2D eigenvalue weighted by atomic mass is 32.2. The fourth-order valence-electron chi connectivity index (χ4n) is 1.79. The summed E-state index contributed by atoms with van der Waals surface area (Å²) >= 11 is 1.84. The number of aryl methyl sites for hydroxylation is 2. The summed E-state index contributed by atoms with van der Waals surface area (Å²) in [6, 6.07) is 0. The zero-order valence-corrected chi connectivity index (χ0v) is 11.4. The predicted molar refractivity (Wildman–Crippen MR) is 73.0 cm³/mol. The molecule has 0 fully saturated rings. The number of hydrogen-bond donors (Lipinski definition) is 1. The van der Waals surface area contributed by atoms with Gasteiger partial charge in [0.05, 0.1) is 5.69 Å². The second-order valence-electron chi connectivity index (χ2n) is 3.96.